The van der Waals surface area contributed by atoms with Crippen LogP contribution in [-0.4, -0.2) is 53.4 Å². The first-order valence-electron chi connectivity index (χ1n) is 10.8. The summed E-state index contributed by atoms with van der Waals surface area (Å²) in [4.78, 5) is 20.7. The van der Waals surface area contributed by atoms with Gasteiger partial charge in [-0.1, -0.05) is 24.6 Å². The van der Waals surface area contributed by atoms with E-state index in [1.807, 2.05) is 11.9 Å². The smallest absolute Gasteiger partial charge is 0.222 e. The maximum Gasteiger partial charge on any atom is 0.222 e. The van der Waals surface area contributed by atoms with Crippen molar-refractivity contribution >= 4 is 16.8 Å². The number of aryl methyl sites for hydroxylation is 1. The van der Waals surface area contributed by atoms with Crippen LogP contribution in [0.4, 0.5) is 0 Å². The summed E-state index contributed by atoms with van der Waals surface area (Å²) >= 11 is 0. The van der Waals surface area contributed by atoms with E-state index >= 15 is 0 Å². The Hall–Kier alpha value is -1.81. The number of hydrogen-bond acceptors (Lipinski definition) is 2. The van der Waals surface area contributed by atoms with Gasteiger partial charge in [-0.3, -0.25) is 4.79 Å². The number of benzene rings is 1. The third-order valence-corrected chi connectivity index (χ3v) is 6.67. The first-order valence-corrected chi connectivity index (χ1v) is 10.8. The largest absolute Gasteiger partial charge is 0.361 e. The van der Waals surface area contributed by atoms with E-state index in [9.17, 15) is 4.79 Å². The number of hydrogen-bond donors (Lipinski definition) is 1. The van der Waals surface area contributed by atoms with Crippen molar-refractivity contribution in [2.24, 2.45) is 5.92 Å². The van der Waals surface area contributed by atoms with Crippen molar-refractivity contribution in [1.82, 2.24) is 14.8 Å². The maximum absolute atomic E-state index is 12.7. The molecule has 0 bridgehead atoms. The second kappa shape index (κ2) is 8.47. The van der Waals surface area contributed by atoms with Gasteiger partial charge in [-0.05, 0) is 69.2 Å². The topological polar surface area (TPSA) is 39.3 Å². The number of carbonyl (C=O) groups is 1. The van der Waals surface area contributed by atoms with E-state index in [1.54, 1.807) is 0 Å². The number of aromatic nitrogens is 1. The molecule has 1 amide bonds. The molecule has 4 heteroatoms. The Balaban J connectivity index is 1.26. The fourth-order valence-corrected chi connectivity index (χ4v) is 5.20. The molecule has 4 nitrogen and oxygen atoms in total. The van der Waals surface area contributed by atoms with Gasteiger partial charge < -0.3 is 14.8 Å². The van der Waals surface area contributed by atoms with Crippen LogP contribution in [0, 0.1) is 5.92 Å². The maximum atomic E-state index is 12.7. The molecule has 1 aromatic carbocycles. The second-order valence-corrected chi connectivity index (χ2v) is 8.49. The van der Waals surface area contributed by atoms with Crippen molar-refractivity contribution < 1.29 is 4.79 Å². The number of piperidine rings is 2. The van der Waals surface area contributed by atoms with Gasteiger partial charge in [0, 0.05) is 43.2 Å². The Kier molecular flexibility index (Phi) is 5.82. The van der Waals surface area contributed by atoms with Crippen LogP contribution in [0.2, 0.25) is 0 Å². The summed E-state index contributed by atoms with van der Waals surface area (Å²) in [5.41, 5.74) is 2.51. The minimum atomic E-state index is 0.308. The Bertz CT molecular complexity index is 766. The molecule has 27 heavy (non-hydrogen) atoms. The first-order chi connectivity index (χ1) is 13.2. The number of rotatable bonds is 6. The van der Waals surface area contributed by atoms with E-state index in [0.717, 1.165) is 19.4 Å². The van der Waals surface area contributed by atoms with Crippen LogP contribution in [0.15, 0.2) is 30.5 Å². The first kappa shape index (κ1) is 18.5. The molecule has 2 atom stereocenters. The molecule has 0 aliphatic carbocycles. The lowest BCUT2D eigenvalue weighted by Crippen LogP contribution is -2.51. The highest BCUT2D eigenvalue weighted by Crippen LogP contribution is 2.31. The fourth-order valence-electron chi connectivity index (χ4n) is 5.20. The number of amides is 1. The number of carbonyl (C=O) groups excluding carboxylic acids is 1. The predicted molar refractivity (Wildman–Crippen MR) is 111 cm³/mol. The van der Waals surface area contributed by atoms with Gasteiger partial charge in [0.25, 0.3) is 0 Å². The SMILES string of the molecule is CN(C[C@@H]1CCCN2CCCC[C@@H]12)C(=O)CCCc1c[nH]c2ccccc12. The Morgan fingerprint density at radius 3 is 2.96 bits per heavy atom. The molecule has 0 unspecified atom stereocenters. The fraction of sp³-hybridized carbons (Fsp3) is 0.609. The number of nitrogens with one attached hydrogen (secondary N) is 1. The number of aromatic amines is 1. The zero-order valence-electron chi connectivity index (χ0n) is 16.6. The van der Waals surface area contributed by atoms with E-state index in [4.69, 9.17) is 0 Å². The van der Waals surface area contributed by atoms with Gasteiger partial charge in [-0.15, -0.1) is 0 Å². The van der Waals surface area contributed by atoms with Gasteiger partial charge in [0.15, 0.2) is 0 Å². The van der Waals surface area contributed by atoms with Crippen LogP contribution in [-0.2, 0) is 11.2 Å². The Morgan fingerprint density at radius 2 is 2.04 bits per heavy atom. The molecule has 3 heterocycles. The highest BCUT2D eigenvalue weighted by Gasteiger charge is 2.33. The van der Waals surface area contributed by atoms with Crippen LogP contribution in [0.5, 0.6) is 0 Å². The lowest BCUT2D eigenvalue weighted by Gasteiger charge is -2.45. The molecule has 0 saturated carbocycles. The van der Waals surface area contributed by atoms with E-state index in [2.05, 4.69) is 40.3 Å². The molecule has 2 aliphatic rings. The van der Waals surface area contributed by atoms with Crippen LogP contribution in [0.25, 0.3) is 10.9 Å². The van der Waals surface area contributed by atoms with Crippen molar-refractivity contribution in [3.63, 3.8) is 0 Å². The third-order valence-electron chi connectivity index (χ3n) is 6.67. The minimum absolute atomic E-state index is 0.308. The molecule has 146 valence electrons. The molecular formula is C23H33N3O. The summed E-state index contributed by atoms with van der Waals surface area (Å²) in [6.45, 7) is 3.47. The van der Waals surface area contributed by atoms with Crippen molar-refractivity contribution in [3.05, 3.63) is 36.0 Å². The van der Waals surface area contributed by atoms with Crippen LogP contribution in [0.1, 0.15) is 50.5 Å². The van der Waals surface area contributed by atoms with Gasteiger partial charge in [0.05, 0.1) is 0 Å². The molecule has 2 saturated heterocycles. The van der Waals surface area contributed by atoms with Crippen LogP contribution < -0.4 is 0 Å². The van der Waals surface area contributed by atoms with Crippen LogP contribution in [0.3, 0.4) is 0 Å². The summed E-state index contributed by atoms with van der Waals surface area (Å²) in [5.74, 6) is 0.976. The highest BCUT2D eigenvalue weighted by molar-refractivity contribution is 5.83. The van der Waals surface area contributed by atoms with Gasteiger partial charge >= 0.3 is 0 Å². The van der Waals surface area contributed by atoms with E-state index in [-0.39, 0.29) is 0 Å². The molecule has 4 rings (SSSR count). The lowest BCUT2D eigenvalue weighted by atomic mass is 9.83. The standard InChI is InChI=1S/C23H33N3O/c1-25(17-19-9-7-15-26-14-5-4-12-22(19)26)23(27)13-6-8-18-16-24-21-11-3-2-10-20(18)21/h2-3,10-11,16,19,22,24H,4-9,12-15,17H2,1H3/t19-,22-/m0/s1. The summed E-state index contributed by atoms with van der Waals surface area (Å²) in [5, 5.41) is 1.29. The minimum Gasteiger partial charge on any atom is -0.361 e. The van der Waals surface area contributed by atoms with Crippen molar-refractivity contribution in [2.75, 3.05) is 26.7 Å². The average molecular weight is 368 g/mol. The monoisotopic (exact) mass is 367 g/mol. The summed E-state index contributed by atoms with van der Waals surface area (Å²) in [6.07, 6.45) is 11.3. The number of fused-ring (bicyclic) bond motifs is 2. The average Bonchev–Trinajstić information content (AvgIpc) is 3.11. The Morgan fingerprint density at radius 1 is 1.19 bits per heavy atom. The van der Waals surface area contributed by atoms with E-state index in [0.29, 0.717) is 24.3 Å². The zero-order chi connectivity index (χ0) is 18.6. The second-order valence-electron chi connectivity index (χ2n) is 8.49. The van der Waals surface area contributed by atoms with Crippen molar-refractivity contribution in [2.45, 2.75) is 57.4 Å². The zero-order valence-corrected chi connectivity index (χ0v) is 16.6. The molecule has 2 aromatic rings. The molecular weight excluding hydrogens is 334 g/mol. The molecule has 1 aromatic heterocycles. The van der Waals surface area contributed by atoms with E-state index < -0.39 is 0 Å². The van der Waals surface area contributed by atoms with Crippen molar-refractivity contribution in [1.29, 1.82) is 0 Å². The van der Waals surface area contributed by atoms with Gasteiger partial charge in [0.2, 0.25) is 5.91 Å². The normalized spacial score (nSPS) is 23.3. The predicted octanol–water partition coefficient (Wildman–Crippen LogP) is 4.21. The summed E-state index contributed by atoms with van der Waals surface area (Å²) in [7, 11) is 2.01. The summed E-state index contributed by atoms with van der Waals surface area (Å²) in [6, 6.07) is 9.12. The molecule has 2 aliphatic heterocycles. The number of para-hydroxylation sites is 1. The summed E-state index contributed by atoms with van der Waals surface area (Å²) < 4.78 is 0. The molecule has 0 spiro atoms. The van der Waals surface area contributed by atoms with Gasteiger partial charge in [-0.2, -0.15) is 0 Å². The Labute approximate surface area is 162 Å². The molecule has 0 radical (unpaired) electrons. The highest BCUT2D eigenvalue weighted by atomic mass is 16.2. The quantitative estimate of drug-likeness (QED) is 0.830. The van der Waals surface area contributed by atoms with Crippen LogP contribution >= 0.6 is 0 Å². The lowest BCUT2D eigenvalue weighted by molar-refractivity contribution is -0.131. The van der Waals surface area contributed by atoms with E-state index in [1.165, 1.54) is 61.7 Å². The molecule has 1 N–H and O–H groups in total. The number of nitrogens with zero attached hydrogens (tertiary/aromatic N) is 2. The third kappa shape index (κ3) is 4.21. The van der Waals surface area contributed by atoms with Crippen molar-refractivity contribution in [3.8, 4) is 0 Å². The van der Waals surface area contributed by atoms with Gasteiger partial charge in [-0.25, -0.2) is 0 Å². The van der Waals surface area contributed by atoms with Gasteiger partial charge in [0.1, 0.15) is 0 Å². The number of H-pyrrole nitrogens is 1. The molecule has 2 fully saturated rings.